The highest BCUT2D eigenvalue weighted by Crippen LogP contribution is 2.40. The van der Waals surface area contributed by atoms with Gasteiger partial charge >= 0.3 is 0 Å². The van der Waals surface area contributed by atoms with Gasteiger partial charge < -0.3 is 14.7 Å². The van der Waals surface area contributed by atoms with Crippen molar-refractivity contribution < 1.29 is 9.59 Å². The zero-order valence-corrected chi connectivity index (χ0v) is 13.9. The van der Waals surface area contributed by atoms with Crippen LogP contribution in [0.15, 0.2) is 12.4 Å². The maximum atomic E-state index is 12.6. The molecule has 3 heterocycles. The molecule has 7 heteroatoms. The van der Waals surface area contributed by atoms with Crippen LogP contribution in [0.2, 0.25) is 0 Å². The molecule has 0 bridgehead atoms. The minimum atomic E-state index is -0.295. The van der Waals surface area contributed by atoms with Gasteiger partial charge in [-0.1, -0.05) is 0 Å². The zero-order chi connectivity index (χ0) is 16.6. The van der Waals surface area contributed by atoms with E-state index in [0.717, 1.165) is 32.4 Å². The first-order valence-corrected chi connectivity index (χ1v) is 7.97. The van der Waals surface area contributed by atoms with E-state index in [0.29, 0.717) is 18.1 Å². The first-order valence-electron chi connectivity index (χ1n) is 7.97. The van der Waals surface area contributed by atoms with Crippen molar-refractivity contribution in [3.8, 4) is 0 Å². The number of likely N-dealkylation sites (tertiary alicyclic amines) is 1. The molecule has 0 saturated carbocycles. The molecule has 0 aliphatic carbocycles. The van der Waals surface area contributed by atoms with Crippen LogP contribution < -0.4 is 4.90 Å². The summed E-state index contributed by atoms with van der Waals surface area (Å²) in [6, 6.07) is 0. The fraction of sp³-hybridized carbons (Fsp3) is 0.625. The third-order valence-electron chi connectivity index (χ3n) is 4.87. The number of nitrogens with zero attached hydrogens (tertiary/aromatic N) is 5. The van der Waals surface area contributed by atoms with Gasteiger partial charge in [-0.05, 0) is 19.3 Å². The van der Waals surface area contributed by atoms with Gasteiger partial charge in [-0.25, -0.2) is 4.98 Å². The highest BCUT2D eigenvalue weighted by Gasteiger charge is 2.47. The van der Waals surface area contributed by atoms with Crippen molar-refractivity contribution in [2.24, 2.45) is 5.41 Å². The molecule has 2 fully saturated rings. The smallest absolute Gasteiger partial charge is 0.273 e. The van der Waals surface area contributed by atoms with Crippen LogP contribution in [0.4, 0.5) is 5.82 Å². The Morgan fingerprint density at radius 1 is 1.26 bits per heavy atom. The molecule has 1 atom stereocenters. The Kier molecular flexibility index (Phi) is 3.95. The predicted octanol–water partition coefficient (Wildman–Crippen LogP) is 0.627. The SMILES string of the molecule is CN(C)C(=O)c1cncc(N2CC[C@@]3(CCCN(C)C3=O)C2)n1. The van der Waals surface area contributed by atoms with Gasteiger partial charge in [0.2, 0.25) is 5.91 Å². The Balaban J connectivity index is 1.81. The van der Waals surface area contributed by atoms with E-state index >= 15 is 0 Å². The molecule has 1 aromatic rings. The van der Waals surface area contributed by atoms with E-state index in [9.17, 15) is 9.59 Å². The van der Waals surface area contributed by atoms with Crippen LogP contribution in [0.25, 0.3) is 0 Å². The quantitative estimate of drug-likeness (QED) is 0.800. The molecule has 0 aromatic carbocycles. The average molecular weight is 317 g/mol. The molecular weight excluding hydrogens is 294 g/mol. The number of anilines is 1. The molecule has 1 spiro atoms. The fourth-order valence-electron chi connectivity index (χ4n) is 3.55. The fourth-order valence-corrected chi connectivity index (χ4v) is 3.55. The van der Waals surface area contributed by atoms with Crippen LogP contribution in [-0.2, 0) is 4.79 Å². The lowest BCUT2D eigenvalue weighted by Gasteiger charge is -2.37. The third-order valence-corrected chi connectivity index (χ3v) is 4.87. The van der Waals surface area contributed by atoms with Gasteiger partial charge in [0.25, 0.3) is 5.91 Å². The second-order valence-electron chi connectivity index (χ2n) is 6.74. The summed E-state index contributed by atoms with van der Waals surface area (Å²) < 4.78 is 0. The lowest BCUT2D eigenvalue weighted by molar-refractivity contribution is -0.143. The number of aromatic nitrogens is 2. The number of carbonyl (C=O) groups excluding carboxylic acids is 2. The van der Waals surface area contributed by atoms with Crippen LogP contribution >= 0.6 is 0 Å². The van der Waals surface area contributed by atoms with E-state index in [1.807, 2.05) is 11.9 Å². The van der Waals surface area contributed by atoms with Gasteiger partial charge in [0, 0.05) is 40.8 Å². The van der Waals surface area contributed by atoms with E-state index in [1.165, 1.54) is 11.1 Å². The highest BCUT2D eigenvalue weighted by molar-refractivity contribution is 5.92. The first-order chi connectivity index (χ1) is 10.9. The predicted molar refractivity (Wildman–Crippen MR) is 86.2 cm³/mol. The molecule has 3 rings (SSSR count). The summed E-state index contributed by atoms with van der Waals surface area (Å²) in [6.45, 7) is 2.27. The maximum Gasteiger partial charge on any atom is 0.273 e. The van der Waals surface area contributed by atoms with Gasteiger partial charge in [-0.2, -0.15) is 0 Å². The van der Waals surface area contributed by atoms with Gasteiger partial charge in [0.1, 0.15) is 11.5 Å². The summed E-state index contributed by atoms with van der Waals surface area (Å²) in [5.41, 5.74) is 0.0384. The lowest BCUT2D eigenvalue weighted by atomic mass is 9.78. The average Bonchev–Trinajstić information content (AvgIpc) is 2.97. The van der Waals surface area contributed by atoms with Crippen molar-refractivity contribution in [3.05, 3.63) is 18.1 Å². The number of amides is 2. The standard InChI is InChI=1S/C16H23N5O2/c1-19(2)14(22)12-9-17-10-13(18-12)21-8-6-16(11-21)5-4-7-20(3)15(16)23/h9-10H,4-8,11H2,1-3H3/t16-/m0/s1. The Morgan fingerprint density at radius 2 is 2.04 bits per heavy atom. The Morgan fingerprint density at radius 3 is 2.78 bits per heavy atom. The third kappa shape index (κ3) is 2.75. The van der Waals surface area contributed by atoms with Crippen LogP contribution in [0.5, 0.6) is 0 Å². The monoisotopic (exact) mass is 317 g/mol. The van der Waals surface area contributed by atoms with E-state index < -0.39 is 0 Å². The van der Waals surface area contributed by atoms with Crippen molar-refractivity contribution in [2.75, 3.05) is 45.7 Å². The van der Waals surface area contributed by atoms with E-state index in [-0.39, 0.29) is 17.2 Å². The Labute approximate surface area is 136 Å². The molecule has 1 aromatic heterocycles. The maximum absolute atomic E-state index is 12.6. The van der Waals surface area contributed by atoms with E-state index in [1.54, 1.807) is 20.3 Å². The van der Waals surface area contributed by atoms with Crippen molar-refractivity contribution in [1.29, 1.82) is 0 Å². The summed E-state index contributed by atoms with van der Waals surface area (Å²) in [5, 5.41) is 0. The van der Waals surface area contributed by atoms with E-state index in [2.05, 4.69) is 14.9 Å². The molecule has 2 saturated heterocycles. The van der Waals surface area contributed by atoms with Gasteiger partial charge in [-0.3, -0.25) is 14.6 Å². The number of hydrogen-bond donors (Lipinski definition) is 0. The van der Waals surface area contributed by atoms with Crippen LogP contribution in [-0.4, -0.2) is 72.4 Å². The minimum Gasteiger partial charge on any atom is -0.354 e. The second kappa shape index (κ2) is 5.79. The van der Waals surface area contributed by atoms with Crippen molar-refractivity contribution in [3.63, 3.8) is 0 Å². The summed E-state index contributed by atoms with van der Waals surface area (Å²) in [5.74, 6) is 0.747. The molecule has 0 N–H and O–H groups in total. The number of hydrogen-bond acceptors (Lipinski definition) is 5. The van der Waals surface area contributed by atoms with Crippen LogP contribution in [0, 0.1) is 5.41 Å². The number of piperidine rings is 1. The minimum absolute atomic E-state index is 0.165. The largest absolute Gasteiger partial charge is 0.354 e. The summed E-state index contributed by atoms with van der Waals surface area (Å²) >= 11 is 0. The van der Waals surface area contributed by atoms with Crippen molar-refractivity contribution in [1.82, 2.24) is 19.8 Å². The second-order valence-corrected chi connectivity index (χ2v) is 6.74. The molecule has 2 amide bonds. The van der Waals surface area contributed by atoms with Gasteiger partial charge in [0.05, 0.1) is 17.8 Å². The molecule has 2 aliphatic heterocycles. The molecule has 0 unspecified atom stereocenters. The van der Waals surface area contributed by atoms with Gasteiger partial charge in [-0.15, -0.1) is 0 Å². The molecule has 2 aliphatic rings. The van der Waals surface area contributed by atoms with Crippen molar-refractivity contribution in [2.45, 2.75) is 19.3 Å². The number of carbonyl (C=O) groups is 2. The van der Waals surface area contributed by atoms with E-state index in [4.69, 9.17) is 0 Å². The topological polar surface area (TPSA) is 69.6 Å². The lowest BCUT2D eigenvalue weighted by Crippen LogP contribution is -2.48. The molecule has 23 heavy (non-hydrogen) atoms. The van der Waals surface area contributed by atoms with Gasteiger partial charge in [0.15, 0.2) is 0 Å². The molecule has 124 valence electrons. The highest BCUT2D eigenvalue weighted by atomic mass is 16.2. The Hall–Kier alpha value is -2.18. The van der Waals surface area contributed by atoms with Crippen molar-refractivity contribution >= 4 is 17.6 Å². The zero-order valence-electron chi connectivity index (χ0n) is 13.9. The summed E-state index contributed by atoms with van der Waals surface area (Å²) in [7, 11) is 5.26. The summed E-state index contributed by atoms with van der Waals surface area (Å²) in [6.07, 6.45) is 5.96. The summed E-state index contributed by atoms with van der Waals surface area (Å²) in [4.78, 5) is 38.6. The first kappa shape index (κ1) is 15.7. The normalized spacial score (nSPS) is 24.4. The van der Waals surface area contributed by atoms with Crippen LogP contribution in [0.1, 0.15) is 29.8 Å². The molecular formula is C16H23N5O2. The number of rotatable bonds is 2. The Bertz CT molecular complexity index is 633. The van der Waals surface area contributed by atoms with Crippen LogP contribution in [0.3, 0.4) is 0 Å². The molecule has 7 nitrogen and oxygen atoms in total. The molecule has 0 radical (unpaired) electrons.